The lowest BCUT2D eigenvalue weighted by Crippen LogP contribution is -2.25. The van der Waals surface area contributed by atoms with Crippen molar-refractivity contribution in [2.45, 2.75) is 13.3 Å². The van der Waals surface area contributed by atoms with Crippen LogP contribution in [0.2, 0.25) is 0 Å². The van der Waals surface area contributed by atoms with Gasteiger partial charge >= 0.3 is 0 Å². The molecule has 3 heterocycles. The van der Waals surface area contributed by atoms with Crippen molar-refractivity contribution in [1.82, 2.24) is 30.4 Å². The zero-order valence-electron chi connectivity index (χ0n) is 18.6. The molecule has 0 spiro atoms. The number of benzene rings is 1. The van der Waals surface area contributed by atoms with Crippen LogP contribution in [0.4, 0.5) is 0 Å². The number of aromatic nitrogens is 4. The molecule has 4 rings (SSSR count). The van der Waals surface area contributed by atoms with Crippen LogP contribution in [0, 0.1) is 6.92 Å². The molecule has 9 heteroatoms. The van der Waals surface area contributed by atoms with E-state index in [0.29, 0.717) is 30.0 Å². The quantitative estimate of drug-likeness (QED) is 0.453. The fraction of sp³-hybridized carbons (Fsp3) is 0.208. The number of hydrogen-bond acceptors (Lipinski definition) is 6. The van der Waals surface area contributed by atoms with Crippen LogP contribution >= 0.6 is 0 Å². The Morgan fingerprint density at radius 2 is 1.88 bits per heavy atom. The molecular weight excluding hydrogens is 420 g/mol. The Bertz CT molecular complexity index is 1330. The summed E-state index contributed by atoms with van der Waals surface area (Å²) >= 11 is 0. The Balaban J connectivity index is 1.37. The Kier molecular flexibility index (Phi) is 6.30. The van der Waals surface area contributed by atoms with Gasteiger partial charge in [-0.05, 0) is 43.2 Å². The molecule has 0 aliphatic carbocycles. The second-order valence-electron chi connectivity index (χ2n) is 7.52. The highest BCUT2D eigenvalue weighted by molar-refractivity contribution is 5.97. The normalized spacial score (nSPS) is 10.8. The number of rotatable bonds is 7. The van der Waals surface area contributed by atoms with Crippen LogP contribution in [-0.2, 0) is 13.5 Å². The molecule has 0 atom stereocenters. The Hall–Kier alpha value is -4.27. The molecule has 9 nitrogen and oxygen atoms in total. The van der Waals surface area contributed by atoms with Crippen LogP contribution in [0.5, 0.6) is 11.5 Å². The minimum Gasteiger partial charge on any atom is -0.457 e. The second kappa shape index (κ2) is 9.47. The average molecular weight is 444 g/mol. The molecule has 0 aliphatic rings. The van der Waals surface area contributed by atoms with Crippen molar-refractivity contribution in [3.63, 3.8) is 0 Å². The van der Waals surface area contributed by atoms with E-state index in [0.717, 1.165) is 22.3 Å². The molecule has 0 unspecified atom stereocenters. The van der Waals surface area contributed by atoms with Gasteiger partial charge < -0.3 is 15.4 Å². The van der Waals surface area contributed by atoms with Gasteiger partial charge in [-0.15, -0.1) is 0 Å². The highest BCUT2D eigenvalue weighted by Crippen LogP contribution is 2.23. The molecule has 2 N–H and O–H groups in total. The first kappa shape index (κ1) is 21.9. The highest BCUT2D eigenvalue weighted by atomic mass is 16.5. The van der Waals surface area contributed by atoms with Crippen molar-refractivity contribution in [2.75, 3.05) is 13.6 Å². The van der Waals surface area contributed by atoms with Crippen molar-refractivity contribution in [3.05, 3.63) is 77.4 Å². The van der Waals surface area contributed by atoms with Gasteiger partial charge in [-0.3, -0.25) is 19.3 Å². The largest absolute Gasteiger partial charge is 0.457 e. The fourth-order valence-electron chi connectivity index (χ4n) is 3.48. The lowest BCUT2D eigenvalue weighted by molar-refractivity contribution is 0.0947. The van der Waals surface area contributed by atoms with Gasteiger partial charge in [0.25, 0.3) is 11.8 Å². The van der Waals surface area contributed by atoms with Gasteiger partial charge in [0.1, 0.15) is 17.2 Å². The number of hydrogen-bond donors (Lipinski definition) is 2. The SMILES string of the molecule is CNC(=O)c1cc(Oc2cccc(CCNC(=O)c3cnc4c(c3)c(C)nn4C)c2)ccn1. The molecule has 168 valence electrons. The predicted molar refractivity (Wildman–Crippen MR) is 123 cm³/mol. The number of carbonyl (C=O) groups is 2. The third-order valence-corrected chi connectivity index (χ3v) is 5.15. The molecule has 0 aliphatic heterocycles. The van der Waals surface area contributed by atoms with Crippen LogP contribution in [0.25, 0.3) is 11.0 Å². The maximum absolute atomic E-state index is 12.6. The molecule has 0 fully saturated rings. The highest BCUT2D eigenvalue weighted by Gasteiger charge is 2.12. The first-order valence-electron chi connectivity index (χ1n) is 10.5. The molecule has 3 aromatic heterocycles. The van der Waals surface area contributed by atoms with Gasteiger partial charge in [0.05, 0.1) is 11.3 Å². The van der Waals surface area contributed by atoms with Crippen molar-refractivity contribution < 1.29 is 14.3 Å². The van der Waals surface area contributed by atoms with Gasteiger partial charge in [-0.25, -0.2) is 4.98 Å². The topological polar surface area (TPSA) is 111 Å². The van der Waals surface area contributed by atoms with E-state index < -0.39 is 0 Å². The summed E-state index contributed by atoms with van der Waals surface area (Å²) in [5.74, 6) is 0.689. The molecule has 33 heavy (non-hydrogen) atoms. The summed E-state index contributed by atoms with van der Waals surface area (Å²) in [6.07, 6.45) is 3.72. The zero-order chi connectivity index (χ0) is 23.4. The number of ether oxygens (including phenoxy) is 1. The number of nitrogens with one attached hydrogen (secondary N) is 2. The van der Waals surface area contributed by atoms with E-state index in [1.54, 1.807) is 30.1 Å². The number of pyridine rings is 2. The molecule has 0 saturated carbocycles. The van der Waals surface area contributed by atoms with E-state index in [1.807, 2.05) is 44.3 Å². The third-order valence-electron chi connectivity index (χ3n) is 5.15. The number of amides is 2. The Morgan fingerprint density at radius 3 is 2.70 bits per heavy atom. The van der Waals surface area contributed by atoms with Crippen LogP contribution < -0.4 is 15.4 Å². The van der Waals surface area contributed by atoms with E-state index in [1.165, 1.54) is 6.20 Å². The minimum absolute atomic E-state index is 0.182. The van der Waals surface area contributed by atoms with Crippen LogP contribution in [0.15, 0.2) is 54.9 Å². The molecule has 2 amide bonds. The molecular formula is C24H24N6O3. The van der Waals surface area contributed by atoms with E-state index >= 15 is 0 Å². The maximum atomic E-state index is 12.6. The lowest BCUT2D eigenvalue weighted by atomic mass is 10.1. The van der Waals surface area contributed by atoms with E-state index in [4.69, 9.17) is 4.74 Å². The van der Waals surface area contributed by atoms with E-state index in [9.17, 15) is 9.59 Å². The Morgan fingerprint density at radius 1 is 1.06 bits per heavy atom. The summed E-state index contributed by atoms with van der Waals surface area (Å²) < 4.78 is 7.58. The summed E-state index contributed by atoms with van der Waals surface area (Å²) in [7, 11) is 3.38. The van der Waals surface area contributed by atoms with Crippen LogP contribution in [-0.4, -0.2) is 45.2 Å². The summed E-state index contributed by atoms with van der Waals surface area (Å²) in [5, 5.41) is 10.7. The summed E-state index contributed by atoms with van der Waals surface area (Å²) in [6.45, 7) is 2.36. The average Bonchev–Trinajstić information content (AvgIpc) is 3.11. The first-order chi connectivity index (χ1) is 15.9. The van der Waals surface area contributed by atoms with Crippen LogP contribution in [0.1, 0.15) is 32.1 Å². The van der Waals surface area contributed by atoms with Gasteiger partial charge in [-0.2, -0.15) is 5.10 Å². The number of aryl methyl sites for hydroxylation is 2. The number of nitrogens with zero attached hydrogens (tertiary/aromatic N) is 4. The van der Waals surface area contributed by atoms with Gasteiger partial charge in [0.2, 0.25) is 0 Å². The van der Waals surface area contributed by atoms with E-state index in [-0.39, 0.29) is 17.5 Å². The lowest BCUT2D eigenvalue weighted by Gasteiger charge is -2.09. The van der Waals surface area contributed by atoms with Gasteiger partial charge in [0.15, 0.2) is 5.65 Å². The fourth-order valence-corrected chi connectivity index (χ4v) is 3.48. The summed E-state index contributed by atoms with van der Waals surface area (Å²) in [5.41, 5.74) is 3.37. The standard InChI is InChI=1S/C24H24N6O3/c1-15-20-12-17(14-28-22(20)30(3)29-15)23(31)27-9-7-16-5-4-6-18(11-16)33-19-8-10-26-21(13-19)24(32)25-2/h4-6,8,10-14H,7,9H2,1-3H3,(H,25,32)(H,27,31). The first-order valence-corrected chi connectivity index (χ1v) is 10.5. The zero-order valence-corrected chi connectivity index (χ0v) is 18.6. The van der Waals surface area contributed by atoms with Crippen molar-refractivity contribution in [1.29, 1.82) is 0 Å². The van der Waals surface area contributed by atoms with E-state index in [2.05, 4.69) is 25.7 Å². The predicted octanol–water partition coefficient (Wildman–Crippen LogP) is 2.80. The molecule has 0 saturated heterocycles. The van der Waals surface area contributed by atoms with Gasteiger partial charge in [0, 0.05) is 44.5 Å². The van der Waals surface area contributed by atoms with Crippen molar-refractivity contribution in [2.24, 2.45) is 7.05 Å². The molecule has 4 aromatic rings. The van der Waals surface area contributed by atoms with Crippen molar-refractivity contribution >= 4 is 22.8 Å². The van der Waals surface area contributed by atoms with Crippen molar-refractivity contribution in [3.8, 4) is 11.5 Å². The summed E-state index contributed by atoms with van der Waals surface area (Å²) in [6, 6.07) is 12.7. The summed E-state index contributed by atoms with van der Waals surface area (Å²) in [4.78, 5) is 32.7. The molecule has 1 aromatic carbocycles. The third kappa shape index (κ3) is 4.98. The minimum atomic E-state index is -0.280. The Labute approximate surface area is 190 Å². The van der Waals surface area contributed by atoms with Gasteiger partial charge in [-0.1, -0.05) is 12.1 Å². The molecule has 0 bridgehead atoms. The number of carbonyl (C=O) groups excluding carboxylic acids is 2. The maximum Gasteiger partial charge on any atom is 0.269 e. The smallest absolute Gasteiger partial charge is 0.269 e. The number of fused-ring (bicyclic) bond motifs is 1. The molecule has 0 radical (unpaired) electrons. The van der Waals surface area contributed by atoms with Crippen LogP contribution in [0.3, 0.4) is 0 Å². The monoisotopic (exact) mass is 444 g/mol. The second-order valence-corrected chi connectivity index (χ2v) is 7.52.